The molecule has 14 heteroatoms. The van der Waals surface area contributed by atoms with Gasteiger partial charge in [-0.3, -0.25) is 0 Å². The van der Waals surface area contributed by atoms with Crippen molar-refractivity contribution in [2.24, 2.45) is 0 Å². The number of hydrogen-bond donors (Lipinski definition) is 2. The minimum atomic E-state index is -4.62. The van der Waals surface area contributed by atoms with E-state index >= 15 is 0 Å². The minimum absolute atomic E-state index is 0. The largest absolute Gasteiger partial charge is 0.412 e. The highest BCUT2D eigenvalue weighted by molar-refractivity contribution is 6.29. The molecule has 28 heavy (non-hydrogen) atoms. The van der Waals surface area contributed by atoms with Crippen molar-refractivity contribution < 1.29 is 31.8 Å². The molecule has 0 unspecified atom stereocenters. The summed E-state index contributed by atoms with van der Waals surface area (Å²) in [4.78, 5) is 15.1. The van der Waals surface area contributed by atoms with Gasteiger partial charge in [0.1, 0.15) is 22.9 Å². The van der Waals surface area contributed by atoms with Crippen molar-refractivity contribution >= 4 is 23.5 Å². The van der Waals surface area contributed by atoms with Crippen LogP contribution in [0.25, 0.3) is 11.5 Å². The molecule has 2 rings (SSSR count). The van der Waals surface area contributed by atoms with Gasteiger partial charge >= 0.3 is 12.4 Å². The Balaban J connectivity index is 0.00000392. The zero-order chi connectivity index (χ0) is 20.4. The first-order chi connectivity index (χ1) is 12.4. The highest BCUT2D eigenvalue weighted by Gasteiger charge is 2.38. The predicted octanol–water partition coefficient (Wildman–Crippen LogP) is 3.49. The summed E-state index contributed by atoms with van der Waals surface area (Å²) in [5.74, 6) is -1.38. The van der Waals surface area contributed by atoms with Gasteiger partial charge in [0.25, 0.3) is 0 Å². The van der Waals surface area contributed by atoms with Gasteiger partial charge in [0.05, 0.1) is 0 Å². The Labute approximate surface area is 159 Å². The fourth-order valence-electron chi connectivity index (χ4n) is 1.70. The molecule has 0 fully saturated rings. The molecule has 0 aliphatic rings. The molecule has 4 N–H and O–H groups in total. The Morgan fingerprint density at radius 2 is 1.29 bits per heavy atom. The Morgan fingerprint density at radius 3 is 1.68 bits per heavy atom. The summed E-state index contributed by atoms with van der Waals surface area (Å²) in [6, 6.07) is 0.212. The van der Waals surface area contributed by atoms with Crippen LogP contribution >= 0.6 is 11.6 Å². The number of nitrogens with one attached hydrogen (secondary N) is 2. The van der Waals surface area contributed by atoms with E-state index in [0.29, 0.717) is 0 Å². The van der Waals surface area contributed by atoms with Gasteiger partial charge < -0.3 is 16.1 Å². The highest BCUT2D eigenvalue weighted by Crippen LogP contribution is 2.26. The van der Waals surface area contributed by atoms with Gasteiger partial charge in [-0.05, 0) is 26.0 Å². The molecule has 0 aliphatic carbocycles. The maximum Gasteiger partial charge on any atom is 0.408 e. The number of rotatable bonds is 5. The summed E-state index contributed by atoms with van der Waals surface area (Å²) in [5.41, 5.74) is 0.0512. The van der Waals surface area contributed by atoms with Crippen LogP contribution in [0, 0.1) is 0 Å². The average Bonchev–Trinajstić information content (AvgIpc) is 2.52. The van der Waals surface area contributed by atoms with E-state index in [9.17, 15) is 26.3 Å². The second-order valence-electron chi connectivity index (χ2n) is 5.47. The van der Waals surface area contributed by atoms with Gasteiger partial charge in [-0.1, -0.05) is 17.7 Å². The zero-order valence-corrected chi connectivity index (χ0v) is 15.1. The topological polar surface area (TPSA) is 107 Å². The van der Waals surface area contributed by atoms with Gasteiger partial charge in [-0.15, -0.1) is 0 Å². The number of nitrogens with zero attached hydrogens (tertiary/aromatic N) is 4. The van der Waals surface area contributed by atoms with Crippen LogP contribution in [0.4, 0.5) is 38.2 Å². The van der Waals surface area contributed by atoms with Crippen LogP contribution in [0.2, 0.25) is 5.15 Å². The predicted molar refractivity (Wildman–Crippen MR) is 90.0 cm³/mol. The second-order valence-corrected chi connectivity index (χ2v) is 5.85. The van der Waals surface area contributed by atoms with E-state index in [1.165, 1.54) is 18.2 Å². The number of alkyl halides is 6. The number of pyridine rings is 1. The molecule has 0 spiro atoms. The number of hydrogen-bond acceptors (Lipinski definition) is 6. The first-order valence-corrected chi connectivity index (χ1v) is 7.79. The van der Waals surface area contributed by atoms with E-state index in [1.807, 2.05) is 10.6 Å². The van der Waals surface area contributed by atoms with Gasteiger partial charge in [-0.2, -0.15) is 41.3 Å². The van der Waals surface area contributed by atoms with Crippen LogP contribution < -0.4 is 10.6 Å². The fraction of sp³-hybridized carbons (Fsp3) is 0.429. The Hall–Kier alpha value is -2.41. The van der Waals surface area contributed by atoms with Gasteiger partial charge in [0.15, 0.2) is 5.82 Å². The Kier molecular flexibility index (Phi) is 7.37. The summed E-state index contributed by atoms with van der Waals surface area (Å²) >= 11 is 5.75. The Bertz CT molecular complexity index is 762. The van der Waals surface area contributed by atoms with E-state index in [1.54, 1.807) is 0 Å². The first kappa shape index (κ1) is 23.6. The quantitative estimate of drug-likeness (QED) is 0.553. The van der Waals surface area contributed by atoms with Gasteiger partial charge in [0.2, 0.25) is 11.9 Å². The van der Waals surface area contributed by atoms with Gasteiger partial charge in [-0.25, -0.2) is 4.98 Å². The van der Waals surface area contributed by atoms with Crippen LogP contribution in [0.3, 0.4) is 0 Å². The maximum atomic E-state index is 12.8. The van der Waals surface area contributed by atoms with Crippen molar-refractivity contribution in [2.75, 3.05) is 10.6 Å². The lowest BCUT2D eigenvalue weighted by Gasteiger charge is -2.20. The molecule has 0 aromatic carbocycles. The molecule has 0 amide bonds. The van der Waals surface area contributed by atoms with Crippen molar-refractivity contribution in [3.63, 3.8) is 0 Å². The maximum absolute atomic E-state index is 12.8. The van der Waals surface area contributed by atoms with E-state index in [0.717, 1.165) is 13.8 Å². The molecular weight excluding hydrogens is 418 g/mol. The summed E-state index contributed by atoms with van der Waals surface area (Å²) in [5, 5.41) is 4.03. The van der Waals surface area contributed by atoms with Crippen LogP contribution in [0.1, 0.15) is 13.8 Å². The van der Waals surface area contributed by atoms with Crippen LogP contribution in [0.15, 0.2) is 18.2 Å². The van der Waals surface area contributed by atoms with E-state index in [4.69, 9.17) is 11.6 Å². The van der Waals surface area contributed by atoms with Crippen LogP contribution in [-0.4, -0.2) is 49.8 Å². The molecule has 7 nitrogen and oxygen atoms in total. The monoisotopic (exact) mass is 432 g/mol. The lowest BCUT2D eigenvalue weighted by Crippen LogP contribution is -2.35. The third kappa shape index (κ3) is 6.34. The number of anilines is 2. The van der Waals surface area contributed by atoms with Crippen molar-refractivity contribution in [3.8, 4) is 11.5 Å². The lowest BCUT2D eigenvalue weighted by atomic mass is 10.3. The molecule has 2 aromatic heterocycles. The molecule has 2 heterocycles. The highest BCUT2D eigenvalue weighted by atomic mass is 35.5. The molecular formula is C14H15ClF6N6O. The van der Waals surface area contributed by atoms with Crippen molar-refractivity contribution in [2.45, 2.75) is 38.3 Å². The summed E-state index contributed by atoms with van der Waals surface area (Å²) < 4.78 is 76.5. The fourth-order valence-corrected chi connectivity index (χ4v) is 1.87. The standard InChI is InChI=1S/C14H13ClF6N6.H2O/c1-6(13(16,17)18)22-11-25-10(8-4-3-5-9(15)24-8)26-12(27-11)23-7(2)14(19,20)21;/h3-7H,1-2H3,(H2,22,23,25,26,27);1H2/t6-,7-;/m1./s1. The molecule has 0 radical (unpaired) electrons. The molecule has 2 aromatic rings. The van der Waals surface area contributed by atoms with E-state index in [-0.39, 0.29) is 22.1 Å². The van der Waals surface area contributed by atoms with E-state index in [2.05, 4.69) is 19.9 Å². The third-order valence-corrected chi connectivity index (χ3v) is 3.46. The van der Waals surface area contributed by atoms with Crippen molar-refractivity contribution in [3.05, 3.63) is 23.4 Å². The number of aromatic nitrogens is 4. The van der Waals surface area contributed by atoms with E-state index < -0.39 is 36.3 Å². The van der Waals surface area contributed by atoms with Crippen molar-refractivity contribution in [1.82, 2.24) is 19.9 Å². The minimum Gasteiger partial charge on any atom is -0.412 e. The average molecular weight is 433 g/mol. The smallest absolute Gasteiger partial charge is 0.408 e. The molecule has 2 atom stereocenters. The second kappa shape index (κ2) is 8.73. The number of halogens is 7. The molecule has 0 saturated heterocycles. The van der Waals surface area contributed by atoms with Gasteiger partial charge in [0, 0.05) is 0 Å². The van der Waals surface area contributed by atoms with Crippen LogP contribution in [0.5, 0.6) is 0 Å². The normalized spacial score (nSPS) is 14.0. The zero-order valence-electron chi connectivity index (χ0n) is 14.3. The molecule has 0 saturated carbocycles. The Morgan fingerprint density at radius 1 is 0.821 bits per heavy atom. The molecule has 156 valence electrons. The first-order valence-electron chi connectivity index (χ1n) is 7.42. The SMILES string of the molecule is C[C@@H](Nc1nc(N[C@H](C)C(F)(F)F)nc(-c2cccc(Cl)n2)n1)C(F)(F)F.O. The molecule has 0 bridgehead atoms. The van der Waals surface area contributed by atoms with Crippen LogP contribution in [-0.2, 0) is 0 Å². The third-order valence-electron chi connectivity index (χ3n) is 3.25. The van der Waals surface area contributed by atoms with Crippen molar-refractivity contribution in [1.29, 1.82) is 0 Å². The lowest BCUT2D eigenvalue weighted by molar-refractivity contribution is -0.139. The summed E-state index contributed by atoms with van der Waals surface area (Å²) in [6.45, 7) is 1.62. The molecule has 0 aliphatic heterocycles. The summed E-state index contributed by atoms with van der Waals surface area (Å²) in [6.07, 6.45) is -9.23. The summed E-state index contributed by atoms with van der Waals surface area (Å²) in [7, 11) is 0.